The van der Waals surface area contributed by atoms with E-state index >= 15 is 0 Å². The molecule has 1 fully saturated rings. The first kappa shape index (κ1) is 20.2. The average molecular weight is 456 g/mol. The molecule has 1 aliphatic heterocycles. The molecule has 1 aliphatic rings. The zero-order chi connectivity index (χ0) is 20.6. The number of aromatic nitrogens is 1. The fourth-order valence-electron chi connectivity index (χ4n) is 3.09. The topological polar surface area (TPSA) is 53.5 Å². The molecule has 0 spiro atoms. The molecule has 0 amide bonds. The lowest BCUT2D eigenvalue weighted by atomic mass is 10.2. The van der Waals surface area contributed by atoms with Crippen molar-refractivity contribution in [2.75, 3.05) is 31.1 Å². The van der Waals surface area contributed by atoms with Gasteiger partial charge in [-0.1, -0.05) is 17.7 Å². The van der Waals surface area contributed by atoms with Crippen molar-refractivity contribution in [3.63, 3.8) is 0 Å². The van der Waals surface area contributed by atoms with E-state index in [4.69, 9.17) is 11.6 Å². The predicted octanol–water partition coefficient (Wildman–Crippen LogP) is 4.25. The Morgan fingerprint density at radius 1 is 1.03 bits per heavy atom. The lowest BCUT2D eigenvalue weighted by Crippen LogP contribution is -2.48. The SMILES string of the molecule is O=S(=O)(c1cccc(F)c1)N1CCN(c2nc(-c3ccc(F)c(Cl)c3)cs2)CC1. The van der Waals surface area contributed by atoms with Crippen LogP contribution in [0.1, 0.15) is 0 Å². The van der Waals surface area contributed by atoms with Gasteiger partial charge in [0.1, 0.15) is 11.6 Å². The largest absolute Gasteiger partial charge is 0.345 e. The zero-order valence-corrected chi connectivity index (χ0v) is 17.4. The Kier molecular flexibility index (Phi) is 5.56. The summed E-state index contributed by atoms with van der Waals surface area (Å²) in [6.07, 6.45) is 0. The van der Waals surface area contributed by atoms with Crippen LogP contribution < -0.4 is 4.90 Å². The molecule has 0 unspecified atom stereocenters. The standard InChI is InChI=1S/C19H16ClF2N3O2S2/c20-16-10-13(4-5-17(16)22)18-12-28-19(23-18)24-6-8-25(9-7-24)29(26,27)15-3-1-2-14(21)11-15/h1-5,10-12H,6-9H2. The maximum atomic E-state index is 13.4. The third-order valence-corrected chi connectivity index (χ3v) is 7.74. The summed E-state index contributed by atoms with van der Waals surface area (Å²) < 4.78 is 53.6. The van der Waals surface area contributed by atoms with E-state index in [2.05, 4.69) is 4.98 Å². The van der Waals surface area contributed by atoms with Crippen molar-refractivity contribution in [1.29, 1.82) is 0 Å². The molecular weight excluding hydrogens is 440 g/mol. The van der Waals surface area contributed by atoms with Crippen molar-refractivity contribution in [2.24, 2.45) is 0 Å². The molecule has 0 atom stereocenters. The summed E-state index contributed by atoms with van der Waals surface area (Å²) in [4.78, 5) is 6.53. The van der Waals surface area contributed by atoms with E-state index in [1.54, 1.807) is 6.07 Å². The third-order valence-electron chi connectivity index (χ3n) is 4.65. The monoisotopic (exact) mass is 455 g/mol. The highest BCUT2D eigenvalue weighted by molar-refractivity contribution is 7.89. The minimum absolute atomic E-state index is 0.0354. The number of sulfonamides is 1. The van der Waals surface area contributed by atoms with Crippen LogP contribution >= 0.6 is 22.9 Å². The molecule has 4 rings (SSSR count). The number of anilines is 1. The Morgan fingerprint density at radius 2 is 1.79 bits per heavy atom. The van der Waals surface area contributed by atoms with E-state index in [9.17, 15) is 17.2 Å². The van der Waals surface area contributed by atoms with E-state index in [1.165, 1.54) is 46.0 Å². The first-order valence-corrected chi connectivity index (χ1v) is 11.5. The highest BCUT2D eigenvalue weighted by atomic mass is 35.5. The Morgan fingerprint density at radius 3 is 2.48 bits per heavy atom. The highest BCUT2D eigenvalue weighted by Gasteiger charge is 2.29. The van der Waals surface area contributed by atoms with Gasteiger partial charge in [-0.2, -0.15) is 4.31 Å². The van der Waals surface area contributed by atoms with Gasteiger partial charge in [-0.05, 0) is 36.4 Å². The molecule has 0 N–H and O–H groups in total. The number of halogens is 3. The van der Waals surface area contributed by atoms with E-state index < -0.39 is 21.7 Å². The third kappa shape index (κ3) is 4.13. The van der Waals surface area contributed by atoms with E-state index in [1.807, 2.05) is 10.3 Å². The van der Waals surface area contributed by atoms with Crippen molar-refractivity contribution in [3.05, 3.63) is 64.5 Å². The van der Waals surface area contributed by atoms with Crippen LogP contribution in [0.25, 0.3) is 11.3 Å². The van der Waals surface area contributed by atoms with Crippen LogP contribution in [-0.4, -0.2) is 43.9 Å². The van der Waals surface area contributed by atoms with Gasteiger partial charge in [-0.15, -0.1) is 11.3 Å². The van der Waals surface area contributed by atoms with Gasteiger partial charge in [-0.3, -0.25) is 0 Å². The van der Waals surface area contributed by atoms with Gasteiger partial charge < -0.3 is 4.90 Å². The van der Waals surface area contributed by atoms with Crippen molar-refractivity contribution in [3.8, 4) is 11.3 Å². The molecule has 10 heteroatoms. The Labute approximate surface area is 176 Å². The first-order valence-electron chi connectivity index (χ1n) is 8.76. The first-order chi connectivity index (χ1) is 13.8. The second-order valence-corrected chi connectivity index (χ2v) is 9.67. The molecule has 152 valence electrons. The van der Waals surface area contributed by atoms with Crippen molar-refractivity contribution in [2.45, 2.75) is 4.90 Å². The second kappa shape index (κ2) is 7.98. The molecule has 2 aromatic carbocycles. The fourth-order valence-corrected chi connectivity index (χ4v) is 5.62. The molecule has 1 saturated heterocycles. The predicted molar refractivity (Wildman–Crippen MR) is 110 cm³/mol. The van der Waals surface area contributed by atoms with Gasteiger partial charge in [-0.25, -0.2) is 22.2 Å². The molecule has 1 aromatic heterocycles. The molecule has 0 saturated carbocycles. The Bertz CT molecular complexity index is 1150. The molecule has 0 aliphatic carbocycles. The molecule has 0 radical (unpaired) electrons. The van der Waals surface area contributed by atoms with Crippen LogP contribution in [0.15, 0.2) is 52.7 Å². The Balaban J connectivity index is 1.46. The van der Waals surface area contributed by atoms with Crippen LogP contribution in [0.2, 0.25) is 5.02 Å². The van der Waals surface area contributed by atoms with Gasteiger partial charge in [0.05, 0.1) is 15.6 Å². The summed E-state index contributed by atoms with van der Waals surface area (Å²) in [5.74, 6) is -1.07. The van der Waals surface area contributed by atoms with Crippen LogP contribution in [0, 0.1) is 11.6 Å². The lowest BCUT2D eigenvalue weighted by molar-refractivity contribution is 0.384. The molecular formula is C19H16ClF2N3O2S2. The summed E-state index contributed by atoms with van der Waals surface area (Å²) >= 11 is 7.27. The maximum absolute atomic E-state index is 13.4. The number of nitrogens with zero attached hydrogens (tertiary/aromatic N) is 3. The highest BCUT2D eigenvalue weighted by Crippen LogP contribution is 2.30. The minimum atomic E-state index is -3.74. The van der Waals surface area contributed by atoms with Crippen LogP contribution in [0.3, 0.4) is 0 Å². The Hall–Kier alpha value is -2.07. The number of hydrogen-bond donors (Lipinski definition) is 0. The molecule has 0 bridgehead atoms. The summed E-state index contributed by atoms with van der Waals surface area (Å²) in [6.45, 7) is 1.48. The number of hydrogen-bond acceptors (Lipinski definition) is 5. The number of piperazine rings is 1. The lowest BCUT2D eigenvalue weighted by Gasteiger charge is -2.33. The quantitative estimate of drug-likeness (QED) is 0.590. The zero-order valence-electron chi connectivity index (χ0n) is 15.1. The normalized spacial score (nSPS) is 15.6. The smallest absolute Gasteiger partial charge is 0.243 e. The van der Waals surface area contributed by atoms with Crippen LogP contribution in [-0.2, 0) is 10.0 Å². The fraction of sp³-hybridized carbons (Fsp3) is 0.211. The number of rotatable bonds is 4. The number of thiazole rings is 1. The van der Waals surface area contributed by atoms with Gasteiger partial charge in [0, 0.05) is 37.1 Å². The van der Waals surface area contributed by atoms with Gasteiger partial charge in [0.15, 0.2) is 5.13 Å². The van der Waals surface area contributed by atoms with E-state index in [0.29, 0.717) is 24.3 Å². The van der Waals surface area contributed by atoms with E-state index in [0.717, 1.165) is 11.2 Å². The minimum Gasteiger partial charge on any atom is -0.345 e. The molecule has 3 aromatic rings. The summed E-state index contributed by atoms with van der Waals surface area (Å²) in [5, 5.41) is 2.64. The van der Waals surface area contributed by atoms with Crippen LogP contribution in [0.5, 0.6) is 0 Å². The summed E-state index contributed by atoms with van der Waals surface area (Å²) in [7, 11) is -3.74. The van der Waals surface area contributed by atoms with Gasteiger partial charge >= 0.3 is 0 Å². The van der Waals surface area contributed by atoms with Crippen LogP contribution in [0.4, 0.5) is 13.9 Å². The molecule has 5 nitrogen and oxygen atoms in total. The molecule has 2 heterocycles. The van der Waals surface area contributed by atoms with Crippen molar-refractivity contribution < 1.29 is 17.2 Å². The summed E-state index contributed by atoms with van der Waals surface area (Å²) in [6, 6.07) is 9.46. The second-order valence-electron chi connectivity index (χ2n) is 6.49. The average Bonchev–Trinajstić information content (AvgIpc) is 3.20. The van der Waals surface area contributed by atoms with Crippen molar-refractivity contribution >= 4 is 38.1 Å². The number of benzene rings is 2. The molecule has 29 heavy (non-hydrogen) atoms. The van der Waals surface area contributed by atoms with Gasteiger partial charge in [0.25, 0.3) is 0 Å². The van der Waals surface area contributed by atoms with E-state index in [-0.39, 0.29) is 23.0 Å². The summed E-state index contributed by atoms with van der Waals surface area (Å²) in [5.41, 5.74) is 1.40. The van der Waals surface area contributed by atoms with Gasteiger partial charge in [0.2, 0.25) is 10.0 Å². The maximum Gasteiger partial charge on any atom is 0.243 e. The van der Waals surface area contributed by atoms with Crippen molar-refractivity contribution in [1.82, 2.24) is 9.29 Å².